The van der Waals surface area contributed by atoms with Crippen molar-refractivity contribution in [3.63, 3.8) is 0 Å². The van der Waals surface area contributed by atoms with Gasteiger partial charge < -0.3 is 20.1 Å². The molecule has 9 heteroatoms. The van der Waals surface area contributed by atoms with E-state index >= 15 is 0 Å². The number of aliphatic hydroxyl groups is 1. The third-order valence-electron chi connectivity index (χ3n) is 6.33. The Balaban J connectivity index is 1.42. The van der Waals surface area contributed by atoms with Crippen LogP contribution >= 0.6 is 0 Å². The van der Waals surface area contributed by atoms with E-state index in [4.69, 9.17) is 4.74 Å². The van der Waals surface area contributed by atoms with Gasteiger partial charge in [-0.1, -0.05) is 24.3 Å². The van der Waals surface area contributed by atoms with Crippen LogP contribution in [-0.4, -0.2) is 51.4 Å². The fourth-order valence-electron chi connectivity index (χ4n) is 4.52. The molecule has 4 N–H and O–H groups in total. The van der Waals surface area contributed by atoms with Crippen LogP contribution < -0.4 is 15.5 Å². The van der Waals surface area contributed by atoms with Gasteiger partial charge in [-0.15, -0.1) is 0 Å². The molecule has 9 nitrogen and oxygen atoms in total. The maximum atomic E-state index is 13.5. The summed E-state index contributed by atoms with van der Waals surface area (Å²) in [5.41, 5.74) is 7.70. The fraction of sp³-hybridized carbons (Fsp3) is 0.241. The normalized spacial score (nSPS) is 13.9. The quantitative estimate of drug-likeness (QED) is 0.273. The number of pyridine rings is 1. The number of carbonyl (C=O) groups excluding carboxylic acids is 2. The average molecular weight is 512 g/mol. The second-order valence-electron chi connectivity index (χ2n) is 9.53. The summed E-state index contributed by atoms with van der Waals surface area (Å²) in [6.07, 6.45) is 5.78. The first-order chi connectivity index (χ1) is 18.4. The summed E-state index contributed by atoms with van der Waals surface area (Å²) in [5, 5.41) is 18.2. The molecule has 3 heterocycles. The number of hydrogen-bond donors (Lipinski definition) is 4. The Labute approximate surface area is 219 Å². The molecule has 0 saturated carbocycles. The van der Waals surface area contributed by atoms with E-state index in [2.05, 4.69) is 25.8 Å². The molecule has 0 unspecified atom stereocenters. The van der Waals surface area contributed by atoms with Crippen molar-refractivity contribution in [3.8, 4) is 16.9 Å². The smallest absolute Gasteiger partial charge is 0.255 e. The molecule has 4 aromatic rings. The number of carbonyl (C=O) groups is 2. The number of aromatic nitrogens is 2. The van der Waals surface area contributed by atoms with Gasteiger partial charge >= 0.3 is 0 Å². The lowest BCUT2D eigenvalue weighted by Crippen LogP contribution is -2.39. The molecule has 2 aromatic heterocycles. The number of amides is 2. The minimum Gasteiger partial charge on any atom is -0.490 e. The first kappa shape index (κ1) is 25.2. The molecule has 0 aliphatic carbocycles. The average Bonchev–Trinajstić information content (AvgIpc) is 3.54. The number of hydrazone groups is 1. The van der Waals surface area contributed by atoms with Gasteiger partial charge in [-0.05, 0) is 55.7 Å². The van der Waals surface area contributed by atoms with Crippen molar-refractivity contribution in [2.45, 2.75) is 38.8 Å². The Kier molecular flexibility index (Phi) is 7.19. The monoisotopic (exact) mass is 511 g/mol. The molecule has 0 fully saturated rings. The standard InChI is InChI=1S/C29H29N5O4/c1-17(2)38-27-8-7-18(19-9-21(14-30-13-19)26-12-28(36)34-33-26)11-24(27)29(37)32-22(16-35)10-20-15-31-25-6-4-3-5-23(20)25/h3-9,11,13-15,17,22,31,35H,10,12,16H2,1-2H3,(H,32,37)(H,34,36)/t22-/m1/s1. The molecule has 0 bridgehead atoms. The van der Waals surface area contributed by atoms with Crippen molar-refractivity contribution in [1.82, 2.24) is 20.7 Å². The highest BCUT2D eigenvalue weighted by Gasteiger charge is 2.21. The van der Waals surface area contributed by atoms with Gasteiger partial charge in [0.1, 0.15) is 5.75 Å². The summed E-state index contributed by atoms with van der Waals surface area (Å²) in [4.78, 5) is 32.6. The SMILES string of the molecule is CC(C)Oc1ccc(-c2cncc(C3=NNC(=O)C3)c2)cc1C(=O)N[C@@H](CO)Cc1c[nH]c2ccccc12. The first-order valence-corrected chi connectivity index (χ1v) is 12.5. The van der Waals surface area contributed by atoms with Gasteiger partial charge in [0.05, 0.1) is 36.4 Å². The zero-order chi connectivity index (χ0) is 26.6. The largest absolute Gasteiger partial charge is 0.490 e. The molecule has 1 aliphatic heterocycles. The lowest BCUT2D eigenvalue weighted by atomic mass is 10.00. The number of rotatable bonds is 9. The van der Waals surface area contributed by atoms with Crippen molar-refractivity contribution in [1.29, 1.82) is 0 Å². The number of aromatic amines is 1. The lowest BCUT2D eigenvalue weighted by Gasteiger charge is -2.19. The Bertz CT molecular complexity index is 1520. The molecule has 5 rings (SSSR count). The number of para-hydroxylation sites is 1. The maximum Gasteiger partial charge on any atom is 0.255 e. The van der Waals surface area contributed by atoms with E-state index in [-0.39, 0.29) is 30.9 Å². The third kappa shape index (κ3) is 5.42. The van der Waals surface area contributed by atoms with Crippen LogP contribution in [0.15, 0.2) is 72.2 Å². The Morgan fingerprint density at radius 2 is 1.92 bits per heavy atom. The summed E-state index contributed by atoms with van der Waals surface area (Å²) >= 11 is 0. The molecule has 0 spiro atoms. The number of nitrogens with zero attached hydrogens (tertiary/aromatic N) is 2. The van der Waals surface area contributed by atoms with Gasteiger partial charge in [0.15, 0.2) is 0 Å². The third-order valence-corrected chi connectivity index (χ3v) is 6.33. The van der Waals surface area contributed by atoms with Crippen molar-refractivity contribution in [2.24, 2.45) is 5.10 Å². The van der Waals surface area contributed by atoms with E-state index in [9.17, 15) is 14.7 Å². The van der Waals surface area contributed by atoms with Crippen LogP contribution in [0.3, 0.4) is 0 Å². The summed E-state index contributed by atoms with van der Waals surface area (Å²) in [6.45, 7) is 3.58. The lowest BCUT2D eigenvalue weighted by molar-refractivity contribution is -0.119. The van der Waals surface area contributed by atoms with Crippen molar-refractivity contribution in [2.75, 3.05) is 6.61 Å². The van der Waals surface area contributed by atoms with Crippen LogP contribution in [0.1, 0.15) is 41.8 Å². The van der Waals surface area contributed by atoms with Crippen LogP contribution in [0.25, 0.3) is 22.0 Å². The maximum absolute atomic E-state index is 13.5. The van der Waals surface area contributed by atoms with Crippen LogP contribution in [-0.2, 0) is 11.2 Å². The van der Waals surface area contributed by atoms with Crippen LogP contribution in [0.2, 0.25) is 0 Å². The molecule has 194 valence electrons. The van der Waals surface area contributed by atoms with Crippen molar-refractivity contribution < 1.29 is 19.4 Å². The molecule has 1 atom stereocenters. The second kappa shape index (κ2) is 10.9. The van der Waals surface area contributed by atoms with E-state index in [1.807, 2.05) is 56.4 Å². The zero-order valence-corrected chi connectivity index (χ0v) is 21.2. The highest BCUT2D eigenvalue weighted by molar-refractivity contribution is 6.13. The molecular weight excluding hydrogens is 482 g/mol. The summed E-state index contributed by atoms with van der Waals surface area (Å²) in [7, 11) is 0. The van der Waals surface area contributed by atoms with Gasteiger partial charge in [-0.2, -0.15) is 5.10 Å². The van der Waals surface area contributed by atoms with Crippen LogP contribution in [0.4, 0.5) is 0 Å². The number of benzene rings is 2. The summed E-state index contributed by atoms with van der Waals surface area (Å²) in [5.74, 6) is -0.0600. The number of H-pyrrole nitrogens is 1. The number of aliphatic hydroxyl groups excluding tert-OH is 1. The van der Waals surface area contributed by atoms with Crippen LogP contribution in [0, 0.1) is 0 Å². The van der Waals surface area contributed by atoms with E-state index in [1.54, 1.807) is 24.5 Å². The molecule has 2 amide bonds. The van der Waals surface area contributed by atoms with E-state index in [0.717, 1.165) is 33.2 Å². The van der Waals surface area contributed by atoms with E-state index in [1.165, 1.54) is 0 Å². The van der Waals surface area contributed by atoms with Gasteiger partial charge in [0.25, 0.3) is 5.91 Å². The predicted molar refractivity (Wildman–Crippen MR) is 145 cm³/mol. The number of nitrogens with one attached hydrogen (secondary N) is 3. The van der Waals surface area contributed by atoms with E-state index in [0.29, 0.717) is 23.4 Å². The Morgan fingerprint density at radius 3 is 2.68 bits per heavy atom. The molecule has 38 heavy (non-hydrogen) atoms. The highest BCUT2D eigenvalue weighted by Crippen LogP contribution is 2.29. The summed E-state index contributed by atoms with van der Waals surface area (Å²) < 4.78 is 5.94. The number of fused-ring (bicyclic) bond motifs is 1. The first-order valence-electron chi connectivity index (χ1n) is 12.5. The highest BCUT2D eigenvalue weighted by atomic mass is 16.5. The van der Waals surface area contributed by atoms with Crippen molar-refractivity contribution in [3.05, 3.63) is 83.8 Å². The van der Waals surface area contributed by atoms with Gasteiger partial charge in [0.2, 0.25) is 5.91 Å². The van der Waals surface area contributed by atoms with Crippen molar-refractivity contribution >= 4 is 28.4 Å². The topological polar surface area (TPSA) is 129 Å². The predicted octanol–water partition coefficient (Wildman–Crippen LogP) is 3.57. The molecule has 1 aliphatic rings. The van der Waals surface area contributed by atoms with Gasteiger partial charge in [0, 0.05) is 40.6 Å². The molecular formula is C29H29N5O4. The summed E-state index contributed by atoms with van der Waals surface area (Å²) in [6, 6.07) is 14.7. The molecule has 0 saturated heterocycles. The minimum atomic E-state index is -0.493. The Hall–Kier alpha value is -4.50. The number of hydrogen-bond acceptors (Lipinski definition) is 6. The Morgan fingerprint density at radius 1 is 1.11 bits per heavy atom. The van der Waals surface area contributed by atoms with Gasteiger partial charge in [-0.3, -0.25) is 14.6 Å². The molecule has 0 radical (unpaired) electrons. The zero-order valence-electron chi connectivity index (χ0n) is 21.2. The van der Waals surface area contributed by atoms with Crippen LogP contribution in [0.5, 0.6) is 5.75 Å². The second-order valence-corrected chi connectivity index (χ2v) is 9.53. The minimum absolute atomic E-state index is 0.136. The fourth-order valence-corrected chi connectivity index (χ4v) is 4.52. The molecule has 2 aromatic carbocycles. The van der Waals surface area contributed by atoms with Gasteiger partial charge in [-0.25, -0.2) is 5.43 Å². The van der Waals surface area contributed by atoms with E-state index < -0.39 is 6.04 Å². The number of ether oxygens (including phenoxy) is 1.